The molecule has 6 heteroatoms. The molecule has 31 heavy (non-hydrogen) atoms. The maximum Gasteiger partial charge on any atom is 0.335 e. The predicted molar refractivity (Wildman–Crippen MR) is 131 cm³/mol. The fourth-order valence-electron chi connectivity index (χ4n) is 3.55. The molecule has 0 aliphatic heterocycles. The molecule has 4 nitrogen and oxygen atoms in total. The van der Waals surface area contributed by atoms with E-state index in [0.29, 0.717) is 23.2 Å². The molecule has 0 unspecified atom stereocenters. The van der Waals surface area contributed by atoms with Crippen molar-refractivity contribution < 1.29 is 9.90 Å². The summed E-state index contributed by atoms with van der Waals surface area (Å²) in [5.41, 5.74) is 6.81. The Morgan fingerprint density at radius 1 is 0.935 bits per heavy atom. The molecule has 2 N–H and O–H groups in total. The standard InChI is InChI=1S/C25H25ClN2O2S/c1-16-12-17(2)23(18(3)13-16)27-25(31)28(15-20-6-10-22(26)11-7-20)14-19-4-8-21(9-5-19)24(29)30/h4-13H,14-15H2,1-3H3,(H,27,31)(H,29,30). The first-order valence-corrected chi connectivity index (χ1v) is 10.7. The molecule has 0 radical (unpaired) electrons. The number of nitrogens with one attached hydrogen (secondary N) is 1. The highest BCUT2D eigenvalue weighted by molar-refractivity contribution is 7.80. The summed E-state index contributed by atoms with van der Waals surface area (Å²) in [6, 6.07) is 18.8. The van der Waals surface area contributed by atoms with Gasteiger partial charge in [0, 0.05) is 23.8 Å². The number of rotatable bonds is 6. The lowest BCUT2D eigenvalue weighted by atomic mass is 10.1. The van der Waals surface area contributed by atoms with Gasteiger partial charge in [0.25, 0.3) is 0 Å². The van der Waals surface area contributed by atoms with E-state index in [2.05, 4.69) is 43.1 Å². The summed E-state index contributed by atoms with van der Waals surface area (Å²) in [4.78, 5) is 13.2. The SMILES string of the molecule is Cc1cc(C)c(NC(=S)N(Cc2ccc(Cl)cc2)Cc2ccc(C(=O)O)cc2)c(C)c1. The Morgan fingerprint density at radius 3 is 1.90 bits per heavy atom. The highest BCUT2D eigenvalue weighted by Crippen LogP contribution is 2.23. The molecule has 3 aromatic carbocycles. The Hall–Kier alpha value is -2.89. The summed E-state index contributed by atoms with van der Waals surface area (Å²) in [6.07, 6.45) is 0. The molecule has 0 heterocycles. The molecule has 3 aromatic rings. The van der Waals surface area contributed by atoms with E-state index in [1.165, 1.54) is 5.56 Å². The van der Waals surface area contributed by atoms with E-state index < -0.39 is 5.97 Å². The third-order valence-electron chi connectivity index (χ3n) is 5.06. The molecular weight excluding hydrogens is 428 g/mol. The van der Waals surface area contributed by atoms with Crippen LogP contribution in [0.1, 0.15) is 38.2 Å². The minimum absolute atomic E-state index is 0.264. The van der Waals surface area contributed by atoms with Gasteiger partial charge in [0.15, 0.2) is 5.11 Å². The van der Waals surface area contributed by atoms with Crippen LogP contribution in [0.5, 0.6) is 0 Å². The van der Waals surface area contributed by atoms with Gasteiger partial charge in [-0.05, 0) is 79.5 Å². The first-order valence-electron chi connectivity index (χ1n) is 9.93. The Bertz CT molecular complexity index is 1070. The number of carbonyl (C=O) groups is 1. The number of aromatic carboxylic acids is 1. The minimum Gasteiger partial charge on any atom is -0.478 e. The van der Waals surface area contributed by atoms with Gasteiger partial charge >= 0.3 is 5.97 Å². The number of thiocarbonyl (C=S) groups is 1. The molecule has 160 valence electrons. The van der Waals surface area contributed by atoms with E-state index in [-0.39, 0.29) is 5.56 Å². The fraction of sp³-hybridized carbons (Fsp3) is 0.200. The van der Waals surface area contributed by atoms with Gasteiger partial charge in [-0.2, -0.15) is 0 Å². The highest BCUT2D eigenvalue weighted by Gasteiger charge is 2.15. The molecule has 0 fully saturated rings. The van der Waals surface area contributed by atoms with E-state index in [9.17, 15) is 4.79 Å². The van der Waals surface area contributed by atoms with Gasteiger partial charge in [-0.25, -0.2) is 4.79 Å². The summed E-state index contributed by atoms with van der Waals surface area (Å²) < 4.78 is 0. The molecule has 3 rings (SSSR count). The van der Waals surface area contributed by atoms with Crippen molar-refractivity contribution in [3.05, 3.63) is 99.1 Å². The number of benzene rings is 3. The van der Waals surface area contributed by atoms with Crippen LogP contribution >= 0.6 is 23.8 Å². The van der Waals surface area contributed by atoms with Crippen LogP contribution in [0.15, 0.2) is 60.7 Å². The van der Waals surface area contributed by atoms with Gasteiger partial charge in [0.2, 0.25) is 0 Å². The first kappa shape index (κ1) is 22.8. The second-order valence-corrected chi connectivity index (χ2v) is 8.51. The fourth-order valence-corrected chi connectivity index (χ4v) is 3.90. The number of carboxylic acids is 1. The van der Waals surface area contributed by atoms with Crippen molar-refractivity contribution in [2.75, 3.05) is 5.32 Å². The molecule has 0 spiro atoms. The van der Waals surface area contributed by atoms with E-state index in [0.717, 1.165) is 27.9 Å². The second-order valence-electron chi connectivity index (χ2n) is 7.69. The van der Waals surface area contributed by atoms with Crippen molar-refractivity contribution in [3.63, 3.8) is 0 Å². The number of aryl methyl sites for hydroxylation is 3. The zero-order valence-corrected chi connectivity index (χ0v) is 19.3. The van der Waals surface area contributed by atoms with Gasteiger partial charge in [-0.15, -0.1) is 0 Å². The molecule has 0 atom stereocenters. The van der Waals surface area contributed by atoms with Crippen LogP contribution < -0.4 is 5.32 Å². The van der Waals surface area contributed by atoms with Crippen molar-refractivity contribution in [2.45, 2.75) is 33.9 Å². The highest BCUT2D eigenvalue weighted by atomic mass is 35.5. The third-order valence-corrected chi connectivity index (χ3v) is 5.67. The van der Waals surface area contributed by atoms with E-state index >= 15 is 0 Å². The Morgan fingerprint density at radius 2 is 1.42 bits per heavy atom. The quantitative estimate of drug-likeness (QED) is 0.426. The molecule has 0 bridgehead atoms. The van der Waals surface area contributed by atoms with Crippen molar-refractivity contribution in [1.29, 1.82) is 0 Å². The topological polar surface area (TPSA) is 52.6 Å². The zero-order chi connectivity index (χ0) is 22.5. The number of nitrogens with zero attached hydrogens (tertiary/aromatic N) is 1. The van der Waals surface area contributed by atoms with Crippen molar-refractivity contribution in [1.82, 2.24) is 4.90 Å². The normalized spacial score (nSPS) is 10.6. The zero-order valence-electron chi connectivity index (χ0n) is 17.8. The van der Waals surface area contributed by atoms with Crippen molar-refractivity contribution in [2.24, 2.45) is 0 Å². The van der Waals surface area contributed by atoms with Crippen LogP contribution in [-0.4, -0.2) is 21.1 Å². The monoisotopic (exact) mass is 452 g/mol. The van der Waals surface area contributed by atoms with Gasteiger partial charge in [0.1, 0.15) is 0 Å². The molecule has 0 aromatic heterocycles. The Balaban J connectivity index is 1.86. The summed E-state index contributed by atoms with van der Waals surface area (Å²) in [5, 5.41) is 13.9. The lowest BCUT2D eigenvalue weighted by Crippen LogP contribution is -2.34. The van der Waals surface area contributed by atoms with Gasteiger partial charge in [-0.1, -0.05) is 53.6 Å². The number of carboxylic acid groups (broad SMARTS) is 1. The lowest BCUT2D eigenvalue weighted by Gasteiger charge is -2.27. The average molecular weight is 453 g/mol. The van der Waals surface area contributed by atoms with E-state index in [1.807, 2.05) is 36.4 Å². The largest absolute Gasteiger partial charge is 0.478 e. The third kappa shape index (κ3) is 6.06. The Kier molecular flexibility index (Phi) is 7.31. The molecular formula is C25H25ClN2O2S. The Labute approximate surface area is 193 Å². The van der Waals surface area contributed by atoms with Gasteiger partial charge in [0.05, 0.1) is 5.56 Å². The number of hydrogen-bond acceptors (Lipinski definition) is 2. The smallest absolute Gasteiger partial charge is 0.335 e. The molecule has 0 amide bonds. The molecule has 0 saturated carbocycles. The van der Waals surface area contributed by atoms with Crippen molar-refractivity contribution in [3.8, 4) is 0 Å². The summed E-state index contributed by atoms with van der Waals surface area (Å²) in [6.45, 7) is 7.35. The van der Waals surface area contributed by atoms with Crippen LogP contribution in [0.2, 0.25) is 5.02 Å². The predicted octanol–water partition coefficient (Wildman–Crippen LogP) is 6.36. The maximum absolute atomic E-state index is 11.2. The van der Waals surface area contributed by atoms with Crippen molar-refractivity contribution >= 4 is 40.6 Å². The summed E-state index contributed by atoms with van der Waals surface area (Å²) >= 11 is 11.8. The number of hydrogen-bond donors (Lipinski definition) is 2. The second kappa shape index (κ2) is 9.94. The minimum atomic E-state index is -0.938. The molecule has 0 saturated heterocycles. The first-order chi connectivity index (χ1) is 14.7. The van der Waals surface area contributed by atoms with Crippen LogP contribution in [0.4, 0.5) is 5.69 Å². The van der Waals surface area contributed by atoms with Gasteiger partial charge in [-0.3, -0.25) is 0 Å². The van der Waals surface area contributed by atoms with Crippen LogP contribution in [0.3, 0.4) is 0 Å². The van der Waals surface area contributed by atoms with Gasteiger partial charge < -0.3 is 15.3 Å². The maximum atomic E-state index is 11.2. The van der Waals surface area contributed by atoms with Crippen LogP contribution in [-0.2, 0) is 13.1 Å². The lowest BCUT2D eigenvalue weighted by molar-refractivity contribution is 0.0697. The summed E-state index contributed by atoms with van der Waals surface area (Å²) in [5.74, 6) is -0.938. The number of anilines is 1. The van der Waals surface area contributed by atoms with Crippen LogP contribution in [0, 0.1) is 20.8 Å². The summed E-state index contributed by atoms with van der Waals surface area (Å²) in [7, 11) is 0. The van der Waals surface area contributed by atoms with E-state index in [1.54, 1.807) is 12.1 Å². The van der Waals surface area contributed by atoms with Crippen LogP contribution in [0.25, 0.3) is 0 Å². The van der Waals surface area contributed by atoms with E-state index in [4.69, 9.17) is 28.9 Å². The molecule has 0 aliphatic carbocycles. The average Bonchev–Trinajstić information content (AvgIpc) is 2.72. The molecule has 0 aliphatic rings. The number of halogens is 1.